The Labute approximate surface area is 204 Å². The zero-order valence-electron chi connectivity index (χ0n) is 19.6. The van der Waals surface area contributed by atoms with Crippen LogP contribution in [0.25, 0.3) is 0 Å². The Kier molecular flexibility index (Phi) is 8.50. The number of anilines is 3. The maximum atomic E-state index is 13.2. The van der Waals surface area contributed by atoms with Gasteiger partial charge in [-0.3, -0.25) is 9.59 Å². The van der Waals surface area contributed by atoms with Crippen molar-refractivity contribution < 1.29 is 35.9 Å². The number of carbonyl (C=O) groups excluding carboxylic acids is 2. The second-order valence-corrected chi connectivity index (χ2v) is 9.47. The minimum absolute atomic E-state index is 0.0224. The molecule has 0 bridgehead atoms. The molecule has 7 nitrogen and oxygen atoms in total. The number of piperidine rings is 1. The Balaban J connectivity index is 1.78. The largest absolute Gasteiger partial charge is 0.397 e. The van der Waals surface area contributed by atoms with Gasteiger partial charge in [-0.2, -0.15) is 26.3 Å². The molecule has 1 aliphatic carbocycles. The highest BCUT2D eigenvalue weighted by Gasteiger charge is 2.43. The number of hydrogen-bond acceptors (Lipinski definition) is 5. The van der Waals surface area contributed by atoms with Crippen LogP contribution in [0.4, 0.5) is 43.4 Å². The van der Waals surface area contributed by atoms with E-state index in [1.54, 1.807) is 11.0 Å². The lowest BCUT2D eigenvalue weighted by Crippen LogP contribution is -2.42. The number of primary amides is 1. The van der Waals surface area contributed by atoms with E-state index in [0.717, 1.165) is 0 Å². The Hall–Kier alpha value is -2.86. The van der Waals surface area contributed by atoms with E-state index in [1.807, 2.05) is 0 Å². The molecule has 3 rings (SSSR count). The molecule has 1 heterocycles. The van der Waals surface area contributed by atoms with Crippen LogP contribution in [0.5, 0.6) is 0 Å². The fourth-order valence-corrected chi connectivity index (χ4v) is 4.80. The minimum Gasteiger partial charge on any atom is -0.397 e. The second kappa shape index (κ2) is 11.0. The van der Waals surface area contributed by atoms with Crippen LogP contribution in [-0.2, 0) is 4.79 Å². The molecule has 13 heteroatoms. The molecule has 0 aromatic heterocycles. The van der Waals surface area contributed by atoms with E-state index in [-0.39, 0.29) is 75.8 Å². The van der Waals surface area contributed by atoms with E-state index in [0.29, 0.717) is 11.4 Å². The highest BCUT2D eigenvalue weighted by molar-refractivity contribution is 6.02. The maximum Gasteiger partial charge on any atom is 0.391 e. The Morgan fingerprint density at radius 1 is 0.917 bits per heavy atom. The summed E-state index contributed by atoms with van der Waals surface area (Å²) in [7, 11) is 0. The van der Waals surface area contributed by atoms with Crippen LogP contribution < -0.4 is 27.0 Å². The number of nitrogens with two attached hydrogens (primary N) is 2. The highest BCUT2D eigenvalue weighted by Crippen LogP contribution is 2.39. The molecule has 1 aromatic rings. The first-order valence-electron chi connectivity index (χ1n) is 11.9. The second-order valence-electron chi connectivity index (χ2n) is 9.47. The van der Waals surface area contributed by atoms with Crippen molar-refractivity contribution in [1.82, 2.24) is 5.32 Å². The SMILES string of the molecule is NC(=O)CCNc1cc(N2CCC(C(F)(F)F)CC2)c(C(=O)N[C@H]2CC[C@H](C(F)(F)F)CC2)cc1N. The predicted molar refractivity (Wildman–Crippen MR) is 123 cm³/mol. The standard InChI is InChI=1S/C23H31F6N5O2/c24-22(25,26)13-1-3-15(4-2-13)33-21(36)16-11-17(30)18(32-8-5-20(31)35)12-19(16)34-9-6-14(7-10-34)23(27,28)29/h11-15,32H,1-10,30H2,(H2,31,35)(H,33,36)/t13-,15-. The van der Waals surface area contributed by atoms with E-state index in [1.165, 1.54) is 6.07 Å². The van der Waals surface area contributed by atoms with Gasteiger partial charge >= 0.3 is 12.4 Å². The van der Waals surface area contributed by atoms with Crippen LogP contribution in [0.1, 0.15) is 55.3 Å². The molecule has 1 aromatic carbocycles. The summed E-state index contributed by atoms with van der Waals surface area (Å²) in [4.78, 5) is 25.9. The molecular formula is C23H31F6N5O2. The van der Waals surface area contributed by atoms with Crippen molar-refractivity contribution in [3.63, 3.8) is 0 Å². The summed E-state index contributed by atoms with van der Waals surface area (Å²) in [6.45, 7) is 0.292. The third-order valence-electron chi connectivity index (χ3n) is 6.92. The van der Waals surface area contributed by atoms with E-state index in [9.17, 15) is 35.9 Å². The number of nitrogen functional groups attached to an aromatic ring is 1. The number of amides is 2. The molecule has 0 atom stereocenters. The monoisotopic (exact) mass is 523 g/mol. The molecule has 0 radical (unpaired) electrons. The molecule has 36 heavy (non-hydrogen) atoms. The number of benzene rings is 1. The lowest BCUT2D eigenvalue weighted by Gasteiger charge is -2.36. The van der Waals surface area contributed by atoms with E-state index in [2.05, 4.69) is 10.6 Å². The van der Waals surface area contributed by atoms with Gasteiger partial charge in [-0.05, 0) is 50.7 Å². The Bertz CT molecular complexity index is 936. The van der Waals surface area contributed by atoms with Crippen LogP contribution in [0.15, 0.2) is 12.1 Å². The molecule has 1 saturated carbocycles. The van der Waals surface area contributed by atoms with Gasteiger partial charge in [0.05, 0.1) is 34.5 Å². The van der Waals surface area contributed by atoms with Gasteiger partial charge in [-0.15, -0.1) is 0 Å². The van der Waals surface area contributed by atoms with Gasteiger partial charge in [-0.25, -0.2) is 0 Å². The molecule has 2 aliphatic rings. The summed E-state index contributed by atoms with van der Waals surface area (Å²) in [6, 6.07) is 2.50. The Morgan fingerprint density at radius 3 is 2.00 bits per heavy atom. The van der Waals surface area contributed by atoms with Gasteiger partial charge < -0.3 is 27.0 Å². The van der Waals surface area contributed by atoms with Crippen molar-refractivity contribution >= 4 is 28.9 Å². The summed E-state index contributed by atoms with van der Waals surface area (Å²) in [6.07, 6.45) is -8.65. The lowest BCUT2D eigenvalue weighted by molar-refractivity contribution is -0.182. The molecule has 1 aliphatic heterocycles. The lowest BCUT2D eigenvalue weighted by atomic mass is 9.85. The van der Waals surface area contributed by atoms with Crippen LogP contribution in [0.3, 0.4) is 0 Å². The van der Waals surface area contributed by atoms with Gasteiger partial charge in [-0.1, -0.05) is 0 Å². The van der Waals surface area contributed by atoms with Crippen molar-refractivity contribution in [3.8, 4) is 0 Å². The van der Waals surface area contributed by atoms with Crippen LogP contribution >= 0.6 is 0 Å². The summed E-state index contributed by atoms with van der Waals surface area (Å²) in [5, 5.41) is 5.73. The first kappa shape index (κ1) is 27.7. The minimum atomic E-state index is -4.30. The van der Waals surface area contributed by atoms with Crippen molar-refractivity contribution in [2.45, 2.75) is 63.3 Å². The van der Waals surface area contributed by atoms with Crippen LogP contribution in [-0.4, -0.2) is 49.8 Å². The fraction of sp³-hybridized carbons (Fsp3) is 0.652. The zero-order chi connectivity index (χ0) is 26.7. The first-order chi connectivity index (χ1) is 16.8. The summed E-state index contributed by atoms with van der Waals surface area (Å²) < 4.78 is 78.3. The molecule has 202 valence electrons. The molecule has 2 amide bonds. The van der Waals surface area contributed by atoms with E-state index in [4.69, 9.17) is 11.5 Å². The van der Waals surface area contributed by atoms with Crippen molar-refractivity contribution in [2.24, 2.45) is 17.6 Å². The van der Waals surface area contributed by atoms with Crippen molar-refractivity contribution in [2.75, 3.05) is 35.6 Å². The van der Waals surface area contributed by atoms with Crippen molar-refractivity contribution in [3.05, 3.63) is 17.7 Å². The van der Waals surface area contributed by atoms with E-state index < -0.39 is 42.0 Å². The molecule has 1 saturated heterocycles. The van der Waals surface area contributed by atoms with Gasteiger partial charge in [0.1, 0.15) is 0 Å². The predicted octanol–water partition coefficient (Wildman–Crippen LogP) is 4.19. The number of alkyl halides is 6. The normalized spacial score (nSPS) is 21.8. The highest BCUT2D eigenvalue weighted by atomic mass is 19.4. The zero-order valence-corrected chi connectivity index (χ0v) is 19.6. The van der Waals surface area contributed by atoms with Crippen LogP contribution in [0.2, 0.25) is 0 Å². The number of halogens is 6. The third-order valence-corrected chi connectivity index (χ3v) is 6.92. The quantitative estimate of drug-likeness (QED) is 0.316. The first-order valence-corrected chi connectivity index (χ1v) is 11.9. The van der Waals surface area contributed by atoms with Gasteiger partial charge in [0, 0.05) is 32.1 Å². The van der Waals surface area contributed by atoms with Gasteiger partial charge in [0.15, 0.2) is 0 Å². The summed E-state index contributed by atoms with van der Waals surface area (Å²) in [5.41, 5.74) is 12.3. The third kappa shape index (κ3) is 7.10. The van der Waals surface area contributed by atoms with Gasteiger partial charge in [0.25, 0.3) is 5.91 Å². The summed E-state index contributed by atoms with van der Waals surface area (Å²) >= 11 is 0. The van der Waals surface area contributed by atoms with Crippen LogP contribution in [0, 0.1) is 11.8 Å². The average molecular weight is 524 g/mol. The maximum absolute atomic E-state index is 13.2. The Morgan fingerprint density at radius 2 is 1.47 bits per heavy atom. The fourth-order valence-electron chi connectivity index (χ4n) is 4.80. The number of carbonyl (C=O) groups is 2. The molecule has 0 spiro atoms. The van der Waals surface area contributed by atoms with E-state index >= 15 is 0 Å². The smallest absolute Gasteiger partial charge is 0.391 e. The number of nitrogens with one attached hydrogen (secondary N) is 2. The molecular weight excluding hydrogens is 492 g/mol. The molecule has 0 unspecified atom stereocenters. The van der Waals surface area contributed by atoms with Crippen molar-refractivity contribution in [1.29, 1.82) is 0 Å². The molecule has 6 N–H and O–H groups in total. The number of hydrogen-bond donors (Lipinski definition) is 4. The topological polar surface area (TPSA) is 113 Å². The number of rotatable bonds is 7. The average Bonchev–Trinajstić information content (AvgIpc) is 2.79. The summed E-state index contributed by atoms with van der Waals surface area (Å²) in [5.74, 6) is -3.91. The number of nitrogens with zero attached hydrogens (tertiary/aromatic N) is 1. The van der Waals surface area contributed by atoms with Gasteiger partial charge in [0.2, 0.25) is 5.91 Å². The molecule has 2 fully saturated rings.